The first-order chi connectivity index (χ1) is 13.6. The van der Waals surface area contributed by atoms with Gasteiger partial charge in [0.2, 0.25) is 0 Å². The second-order valence-corrected chi connectivity index (χ2v) is 8.08. The molecule has 3 N–H and O–H groups in total. The summed E-state index contributed by atoms with van der Waals surface area (Å²) >= 11 is 6.27. The van der Waals surface area contributed by atoms with Crippen LogP contribution < -0.4 is 10.6 Å². The summed E-state index contributed by atoms with van der Waals surface area (Å²) < 4.78 is 5.63. The van der Waals surface area contributed by atoms with Gasteiger partial charge in [0.1, 0.15) is 0 Å². The van der Waals surface area contributed by atoms with E-state index >= 15 is 0 Å². The number of aliphatic hydroxyl groups is 1. The number of guanidine groups is 1. The third kappa shape index (κ3) is 6.94. The topological polar surface area (TPSA) is 65.9 Å². The number of ether oxygens (including phenoxy) is 1. The zero-order chi connectivity index (χ0) is 20.2. The Labute approximate surface area is 174 Å². The van der Waals surface area contributed by atoms with Crippen LogP contribution in [0, 0.1) is 5.92 Å². The number of halogens is 1. The molecule has 1 aliphatic rings. The molecule has 28 heavy (non-hydrogen) atoms. The van der Waals surface area contributed by atoms with E-state index in [1.165, 1.54) is 5.56 Å². The molecule has 0 amide bonds. The second-order valence-electron chi connectivity index (χ2n) is 7.65. The highest BCUT2D eigenvalue weighted by Gasteiger charge is 2.34. The number of hydrogen-bond acceptors (Lipinski definition) is 3. The van der Waals surface area contributed by atoms with Crippen molar-refractivity contribution >= 4 is 17.6 Å². The van der Waals surface area contributed by atoms with Gasteiger partial charge in [0.05, 0.1) is 6.54 Å². The SMILES string of the molecule is CCCC(CCO)CNC(=NCC1(c2cccc(Cl)c2)CCOCC1)NCC. The summed E-state index contributed by atoms with van der Waals surface area (Å²) in [6.45, 7) is 8.34. The van der Waals surface area contributed by atoms with E-state index in [1.807, 2.05) is 12.1 Å². The van der Waals surface area contributed by atoms with Crippen molar-refractivity contribution in [3.8, 4) is 0 Å². The van der Waals surface area contributed by atoms with Crippen molar-refractivity contribution in [2.75, 3.05) is 39.5 Å². The van der Waals surface area contributed by atoms with E-state index in [0.717, 1.165) is 69.4 Å². The number of nitrogens with zero attached hydrogens (tertiary/aromatic N) is 1. The predicted molar refractivity (Wildman–Crippen MR) is 117 cm³/mol. The largest absolute Gasteiger partial charge is 0.396 e. The van der Waals surface area contributed by atoms with Crippen LogP contribution in [0.15, 0.2) is 29.3 Å². The van der Waals surface area contributed by atoms with Crippen LogP contribution in [-0.4, -0.2) is 50.5 Å². The third-order valence-electron chi connectivity index (χ3n) is 5.56. The maximum Gasteiger partial charge on any atom is 0.191 e. The molecule has 1 aromatic rings. The van der Waals surface area contributed by atoms with Crippen molar-refractivity contribution in [3.63, 3.8) is 0 Å². The Hall–Kier alpha value is -1.30. The third-order valence-corrected chi connectivity index (χ3v) is 5.80. The summed E-state index contributed by atoms with van der Waals surface area (Å²) in [4.78, 5) is 4.94. The average molecular weight is 410 g/mol. The molecular weight excluding hydrogens is 374 g/mol. The van der Waals surface area contributed by atoms with Crippen molar-refractivity contribution in [1.82, 2.24) is 10.6 Å². The average Bonchev–Trinajstić information content (AvgIpc) is 2.71. The fourth-order valence-electron chi connectivity index (χ4n) is 3.87. The highest BCUT2D eigenvalue weighted by Crippen LogP contribution is 2.36. The first kappa shape index (κ1) is 23.0. The highest BCUT2D eigenvalue weighted by molar-refractivity contribution is 6.30. The predicted octanol–water partition coefficient (Wildman–Crippen LogP) is 3.74. The number of hydrogen-bond donors (Lipinski definition) is 3. The van der Waals surface area contributed by atoms with E-state index in [2.05, 4.69) is 36.6 Å². The second kappa shape index (κ2) is 12.3. The number of aliphatic imine (C=N–C) groups is 1. The molecule has 1 heterocycles. The Bertz CT molecular complexity index is 597. The summed E-state index contributed by atoms with van der Waals surface area (Å²) in [6, 6.07) is 8.17. The first-order valence-electron chi connectivity index (χ1n) is 10.6. The summed E-state index contributed by atoms with van der Waals surface area (Å²) in [5.41, 5.74) is 1.20. The van der Waals surface area contributed by atoms with Crippen molar-refractivity contribution < 1.29 is 9.84 Å². The quantitative estimate of drug-likeness (QED) is 0.406. The lowest BCUT2D eigenvalue weighted by molar-refractivity contribution is 0.0531. The Kier molecular flexibility index (Phi) is 10.1. The molecule has 6 heteroatoms. The van der Waals surface area contributed by atoms with Gasteiger partial charge in [-0.05, 0) is 56.2 Å². The number of rotatable bonds is 10. The van der Waals surface area contributed by atoms with Gasteiger partial charge in [0.25, 0.3) is 0 Å². The van der Waals surface area contributed by atoms with E-state index < -0.39 is 0 Å². The van der Waals surface area contributed by atoms with E-state index in [1.54, 1.807) is 0 Å². The van der Waals surface area contributed by atoms with Gasteiger partial charge in [-0.3, -0.25) is 4.99 Å². The highest BCUT2D eigenvalue weighted by atomic mass is 35.5. The van der Waals surface area contributed by atoms with Gasteiger partial charge < -0.3 is 20.5 Å². The molecule has 158 valence electrons. The fraction of sp³-hybridized carbons (Fsp3) is 0.682. The van der Waals surface area contributed by atoms with Crippen LogP contribution >= 0.6 is 11.6 Å². The molecule has 2 rings (SSSR count). The molecule has 0 bridgehead atoms. The first-order valence-corrected chi connectivity index (χ1v) is 11.0. The van der Waals surface area contributed by atoms with Crippen molar-refractivity contribution in [3.05, 3.63) is 34.9 Å². The van der Waals surface area contributed by atoms with Crippen LogP contribution in [0.5, 0.6) is 0 Å². The fourth-order valence-corrected chi connectivity index (χ4v) is 4.06. The summed E-state index contributed by atoms with van der Waals surface area (Å²) in [6.07, 6.45) is 4.94. The van der Waals surface area contributed by atoms with E-state index in [4.69, 9.17) is 21.3 Å². The van der Waals surface area contributed by atoms with Crippen molar-refractivity contribution in [2.45, 2.75) is 51.4 Å². The van der Waals surface area contributed by atoms with Crippen LogP contribution in [0.1, 0.15) is 51.5 Å². The zero-order valence-corrected chi connectivity index (χ0v) is 18.1. The number of aliphatic hydroxyl groups excluding tert-OH is 1. The molecule has 0 saturated carbocycles. The minimum absolute atomic E-state index is 0.0422. The molecule has 1 fully saturated rings. The molecule has 1 unspecified atom stereocenters. The standard InChI is InChI=1S/C22H36ClN3O2/c1-3-6-18(9-12-27)16-25-21(24-4-2)26-17-22(10-13-28-14-11-22)19-7-5-8-20(23)15-19/h5,7-8,15,18,27H,3-4,6,9-14,16-17H2,1-2H3,(H2,24,25,26). The van der Waals surface area contributed by atoms with Gasteiger partial charge >= 0.3 is 0 Å². The van der Waals surface area contributed by atoms with Gasteiger partial charge in [0, 0.05) is 43.3 Å². The Morgan fingerprint density at radius 1 is 1.25 bits per heavy atom. The summed E-state index contributed by atoms with van der Waals surface area (Å²) in [5, 5.41) is 16.9. The monoisotopic (exact) mass is 409 g/mol. The maximum absolute atomic E-state index is 9.29. The Morgan fingerprint density at radius 3 is 2.68 bits per heavy atom. The lowest BCUT2D eigenvalue weighted by Crippen LogP contribution is -2.42. The lowest BCUT2D eigenvalue weighted by Gasteiger charge is -2.37. The molecule has 0 radical (unpaired) electrons. The number of nitrogens with one attached hydrogen (secondary N) is 2. The smallest absolute Gasteiger partial charge is 0.191 e. The van der Waals surface area contributed by atoms with Gasteiger partial charge in [-0.25, -0.2) is 0 Å². The molecule has 0 aliphatic carbocycles. The summed E-state index contributed by atoms with van der Waals surface area (Å²) in [5.74, 6) is 1.30. The lowest BCUT2D eigenvalue weighted by atomic mass is 9.74. The van der Waals surface area contributed by atoms with Gasteiger partial charge in [-0.1, -0.05) is 37.1 Å². The van der Waals surface area contributed by atoms with Crippen molar-refractivity contribution in [2.24, 2.45) is 10.9 Å². The van der Waals surface area contributed by atoms with Crippen LogP contribution in [-0.2, 0) is 10.2 Å². The van der Waals surface area contributed by atoms with Crippen LogP contribution in [0.2, 0.25) is 5.02 Å². The summed E-state index contributed by atoms with van der Waals surface area (Å²) in [7, 11) is 0. The minimum atomic E-state index is -0.0422. The molecular formula is C22H36ClN3O2. The van der Waals surface area contributed by atoms with Crippen LogP contribution in [0.25, 0.3) is 0 Å². The minimum Gasteiger partial charge on any atom is -0.396 e. The van der Waals surface area contributed by atoms with Crippen LogP contribution in [0.4, 0.5) is 0 Å². The van der Waals surface area contributed by atoms with E-state index in [-0.39, 0.29) is 12.0 Å². The Balaban J connectivity index is 2.12. The molecule has 0 aromatic heterocycles. The molecule has 1 aliphatic heterocycles. The normalized spacial score (nSPS) is 17.9. The van der Waals surface area contributed by atoms with Gasteiger partial charge in [-0.15, -0.1) is 0 Å². The maximum atomic E-state index is 9.29. The molecule has 1 atom stereocenters. The Morgan fingerprint density at radius 2 is 2.04 bits per heavy atom. The van der Waals surface area contributed by atoms with Crippen molar-refractivity contribution in [1.29, 1.82) is 0 Å². The van der Waals surface area contributed by atoms with E-state index in [9.17, 15) is 5.11 Å². The van der Waals surface area contributed by atoms with Crippen LogP contribution in [0.3, 0.4) is 0 Å². The molecule has 1 aromatic carbocycles. The zero-order valence-electron chi connectivity index (χ0n) is 17.3. The van der Waals surface area contributed by atoms with Gasteiger partial charge in [-0.2, -0.15) is 0 Å². The number of benzene rings is 1. The van der Waals surface area contributed by atoms with Gasteiger partial charge in [0.15, 0.2) is 5.96 Å². The molecule has 0 spiro atoms. The molecule has 5 nitrogen and oxygen atoms in total. The van der Waals surface area contributed by atoms with E-state index in [0.29, 0.717) is 12.5 Å². The molecule has 1 saturated heterocycles.